The third kappa shape index (κ3) is 1.53. The third-order valence-electron chi connectivity index (χ3n) is 2.14. The number of carbonyl (C=O) groups excluding carboxylic acids is 1. The molecule has 6 nitrogen and oxygen atoms in total. The number of nitrogens with one attached hydrogen (secondary N) is 1. The number of hydrogen-bond donors (Lipinski definition) is 3. The lowest BCUT2D eigenvalue weighted by Gasteiger charge is -2.29. The molecule has 5 atom stereocenters. The fourth-order valence-corrected chi connectivity index (χ4v) is 1.45. The highest BCUT2D eigenvalue weighted by atomic mass is 16.8. The van der Waals surface area contributed by atoms with Crippen LogP contribution in [0.15, 0.2) is 0 Å². The van der Waals surface area contributed by atoms with Gasteiger partial charge in [0.2, 0.25) is 5.91 Å². The summed E-state index contributed by atoms with van der Waals surface area (Å²) in [6.07, 6.45) is -3.05. The van der Waals surface area contributed by atoms with E-state index in [-0.39, 0.29) is 5.91 Å². The summed E-state index contributed by atoms with van der Waals surface area (Å²) in [5.41, 5.74) is 0. The molecule has 2 aliphatic rings. The second-order valence-electron chi connectivity index (χ2n) is 3.21. The summed E-state index contributed by atoms with van der Waals surface area (Å²) < 4.78 is 9.79. The van der Waals surface area contributed by atoms with Gasteiger partial charge >= 0.3 is 0 Å². The van der Waals surface area contributed by atoms with Crippen LogP contribution in [0.5, 0.6) is 0 Å². The molecular weight excluding hydrogens is 178 g/mol. The van der Waals surface area contributed by atoms with Gasteiger partial charge in [0.15, 0.2) is 12.6 Å². The van der Waals surface area contributed by atoms with Crippen molar-refractivity contribution in [2.45, 2.75) is 37.8 Å². The van der Waals surface area contributed by atoms with Crippen LogP contribution in [-0.4, -0.2) is 47.0 Å². The minimum atomic E-state index is -1.21. The van der Waals surface area contributed by atoms with E-state index in [1.807, 2.05) is 0 Å². The van der Waals surface area contributed by atoms with Gasteiger partial charge in [0, 0.05) is 6.92 Å². The number of epoxide rings is 1. The molecule has 1 amide bonds. The minimum absolute atomic E-state index is 0.328. The minimum Gasteiger partial charge on any atom is -0.388 e. The van der Waals surface area contributed by atoms with Crippen LogP contribution in [0.2, 0.25) is 0 Å². The van der Waals surface area contributed by atoms with Gasteiger partial charge in [-0.1, -0.05) is 0 Å². The first-order chi connectivity index (χ1) is 6.09. The van der Waals surface area contributed by atoms with E-state index in [1.165, 1.54) is 6.92 Å². The van der Waals surface area contributed by atoms with Crippen LogP contribution < -0.4 is 5.32 Å². The van der Waals surface area contributed by atoms with Crippen molar-refractivity contribution in [2.24, 2.45) is 0 Å². The molecule has 13 heavy (non-hydrogen) atoms. The second kappa shape index (κ2) is 2.91. The third-order valence-corrected chi connectivity index (χ3v) is 2.14. The molecule has 3 N–H and O–H groups in total. The SMILES string of the molecule is CC(=O)NC1C(O)[C@H]2OC2O[C@H]1O. The molecule has 2 heterocycles. The fourth-order valence-electron chi connectivity index (χ4n) is 1.45. The van der Waals surface area contributed by atoms with E-state index >= 15 is 0 Å². The van der Waals surface area contributed by atoms with E-state index < -0.39 is 30.8 Å². The summed E-state index contributed by atoms with van der Waals surface area (Å²) in [6.45, 7) is 1.30. The van der Waals surface area contributed by atoms with Gasteiger partial charge in [0.25, 0.3) is 0 Å². The Labute approximate surface area is 74.4 Å². The molecule has 6 heteroatoms. The number of carbonyl (C=O) groups is 1. The van der Waals surface area contributed by atoms with Gasteiger partial charge in [0.05, 0.1) is 0 Å². The maximum Gasteiger partial charge on any atom is 0.217 e. The van der Waals surface area contributed by atoms with E-state index in [4.69, 9.17) is 9.47 Å². The summed E-state index contributed by atoms with van der Waals surface area (Å²) in [5.74, 6) is -0.328. The maximum atomic E-state index is 10.7. The summed E-state index contributed by atoms with van der Waals surface area (Å²) in [6, 6.07) is -0.804. The van der Waals surface area contributed by atoms with Crippen LogP contribution in [0.4, 0.5) is 0 Å². The smallest absolute Gasteiger partial charge is 0.217 e. The maximum absolute atomic E-state index is 10.7. The molecule has 0 saturated carbocycles. The zero-order valence-electron chi connectivity index (χ0n) is 7.01. The molecule has 0 radical (unpaired) electrons. The summed E-state index contributed by atoms with van der Waals surface area (Å²) in [4.78, 5) is 10.7. The lowest BCUT2D eigenvalue weighted by molar-refractivity contribution is -0.179. The van der Waals surface area contributed by atoms with E-state index in [2.05, 4.69) is 5.32 Å². The largest absolute Gasteiger partial charge is 0.388 e. The zero-order valence-corrected chi connectivity index (χ0v) is 7.01. The van der Waals surface area contributed by atoms with Gasteiger partial charge < -0.3 is 25.0 Å². The lowest BCUT2D eigenvalue weighted by atomic mass is 10.1. The van der Waals surface area contributed by atoms with Crippen molar-refractivity contribution in [2.75, 3.05) is 0 Å². The van der Waals surface area contributed by atoms with Gasteiger partial charge in [-0.05, 0) is 0 Å². The number of hydrogen-bond acceptors (Lipinski definition) is 5. The molecule has 0 spiro atoms. The Balaban J connectivity index is 2.02. The average Bonchev–Trinajstić information content (AvgIpc) is 2.76. The Kier molecular flexibility index (Phi) is 1.99. The number of aliphatic hydroxyl groups excluding tert-OH is 2. The van der Waals surface area contributed by atoms with Crippen LogP contribution in [0.25, 0.3) is 0 Å². The van der Waals surface area contributed by atoms with Crippen molar-refractivity contribution in [3.05, 3.63) is 0 Å². The van der Waals surface area contributed by atoms with Crippen molar-refractivity contribution in [3.63, 3.8) is 0 Å². The van der Waals surface area contributed by atoms with Crippen LogP contribution in [-0.2, 0) is 14.3 Å². The van der Waals surface area contributed by atoms with Crippen molar-refractivity contribution in [1.29, 1.82) is 0 Å². The highest BCUT2D eigenvalue weighted by Gasteiger charge is 2.56. The predicted molar refractivity (Wildman–Crippen MR) is 39.4 cm³/mol. The summed E-state index contributed by atoms with van der Waals surface area (Å²) in [5, 5.41) is 21.2. The first kappa shape index (κ1) is 8.89. The molecule has 2 fully saturated rings. The van der Waals surface area contributed by atoms with Gasteiger partial charge in [-0.3, -0.25) is 4.79 Å². The first-order valence-electron chi connectivity index (χ1n) is 4.04. The van der Waals surface area contributed by atoms with Crippen molar-refractivity contribution in [1.82, 2.24) is 5.32 Å². The number of aliphatic hydroxyl groups is 2. The van der Waals surface area contributed by atoms with Gasteiger partial charge in [-0.2, -0.15) is 0 Å². The van der Waals surface area contributed by atoms with E-state index in [0.717, 1.165) is 0 Å². The monoisotopic (exact) mass is 189 g/mol. The van der Waals surface area contributed by atoms with Crippen LogP contribution in [0, 0.1) is 0 Å². The molecule has 0 aromatic heterocycles. The average molecular weight is 189 g/mol. The zero-order chi connectivity index (χ0) is 9.59. The molecule has 2 saturated heterocycles. The van der Waals surface area contributed by atoms with Crippen LogP contribution in [0.1, 0.15) is 6.92 Å². The number of fused-ring (bicyclic) bond motifs is 1. The number of amides is 1. The normalized spacial score (nSPS) is 48.1. The van der Waals surface area contributed by atoms with Crippen LogP contribution in [0.3, 0.4) is 0 Å². The molecule has 74 valence electrons. The van der Waals surface area contributed by atoms with Gasteiger partial charge in [-0.25, -0.2) is 0 Å². The Bertz CT molecular complexity index is 233. The van der Waals surface area contributed by atoms with E-state index in [0.29, 0.717) is 0 Å². The van der Waals surface area contributed by atoms with Crippen molar-refractivity contribution < 1.29 is 24.5 Å². The molecule has 0 aliphatic carbocycles. The van der Waals surface area contributed by atoms with Crippen molar-refractivity contribution >= 4 is 5.91 Å². The highest BCUT2D eigenvalue weighted by molar-refractivity contribution is 5.73. The van der Waals surface area contributed by atoms with E-state index in [1.54, 1.807) is 0 Å². The highest BCUT2D eigenvalue weighted by Crippen LogP contribution is 2.34. The molecular formula is C7H11NO5. The molecule has 2 aliphatic heterocycles. The summed E-state index contributed by atoms with van der Waals surface area (Å²) in [7, 11) is 0. The quantitative estimate of drug-likeness (QED) is 0.412. The number of ether oxygens (including phenoxy) is 2. The fraction of sp³-hybridized carbons (Fsp3) is 0.857. The Morgan fingerprint density at radius 1 is 1.38 bits per heavy atom. The summed E-state index contributed by atoms with van der Waals surface area (Å²) >= 11 is 0. The van der Waals surface area contributed by atoms with Crippen molar-refractivity contribution in [3.8, 4) is 0 Å². The van der Waals surface area contributed by atoms with Gasteiger partial charge in [-0.15, -0.1) is 0 Å². The molecule has 0 aromatic carbocycles. The predicted octanol–water partition coefficient (Wildman–Crippen LogP) is -2.07. The second-order valence-corrected chi connectivity index (χ2v) is 3.21. The Morgan fingerprint density at radius 2 is 2.08 bits per heavy atom. The standard InChI is InChI=1S/C7H11NO5/c1-2(9)8-3-4(10)5-7(12-5)13-6(3)11/h3-7,10-11H,1H3,(H,8,9)/t3?,4?,5-,6-,7?/m1/s1. The number of rotatable bonds is 1. The molecule has 0 bridgehead atoms. The first-order valence-corrected chi connectivity index (χ1v) is 4.04. The van der Waals surface area contributed by atoms with Crippen LogP contribution >= 0.6 is 0 Å². The molecule has 3 unspecified atom stereocenters. The van der Waals surface area contributed by atoms with E-state index in [9.17, 15) is 15.0 Å². The molecule has 2 rings (SSSR count). The molecule has 0 aromatic rings. The Hall–Kier alpha value is -0.690. The Morgan fingerprint density at radius 3 is 2.69 bits per heavy atom. The lowest BCUT2D eigenvalue weighted by Crippen LogP contribution is -2.56. The topological polar surface area (TPSA) is 91.3 Å². The van der Waals surface area contributed by atoms with Gasteiger partial charge in [0.1, 0.15) is 18.2 Å².